The third kappa shape index (κ3) is 3.53. The van der Waals surface area contributed by atoms with Crippen LogP contribution in [0.2, 0.25) is 0 Å². The lowest BCUT2D eigenvalue weighted by Crippen LogP contribution is -2.48. The minimum atomic E-state index is -4.47. The summed E-state index contributed by atoms with van der Waals surface area (Å²) in [4.78, 5) is 32.3. The van der Waals surface area contributed by atoms with Crippen molar-refractivity contribution in [2.24, 2.45) is 0 Å². The number of aromatic nitrogens is 3. The second-order valence-electron chi connectivity index (χ2n) is 7.91. The number of nitrogens with one attached hydrogen (secondary N) is 2. The number of hydrogen-bond acceptors (Lipinski definition) is 5. The Morgan fingerprint density at radius 3 is 2.91 bits per heavy atom. The molecule has 3 aromatic rings. The lowest BCUT2D eigenvalue weighted by molar-refractivity contribution is -0.182. The van der Waals surface area contributed by atoms with Crippen molar-refractivity contribution in [1.29, 1.82) is 0 Å². The number of benzene rings is 1. The van der Waals surface area contributed by atoms with Gasteiger partial charge in [-0.3, -0.25) is 14.7 Å². The number of carbonyl (C=O) groups excluding carboxylic acids is 2. The molecule has 5 rings (SSSR count). The zero-order valence-corrected chi connectivity index (χ0v) is 16.8. The maximum absolute atomic E-state index is 13.2. The highest BCUT2D eigenvalue weighted by Crippen LogP contribution is 2.34. The molecule has 1 fully saturated rings. The minimum absolute atomic E-state index is 0.0486. The molecule has 0 bridgehead atoms. The van der Waals surface area contributed by atoms with E-state index in [9.17, 15) is 22.8 Å². The molecular formula is C21H19F3N6O2. The van der Waals surface area contributed by atoms with Crippen LogP contribution in [0.4, 0.5) is 24.7 Å². The molecule has 2 aliphatic heterocycles. The lowest BCUT2D eigenvalue weighted by atomic mass is 10.1. The third-order valence-electron chi connectivity index (χ3n) is 5.85. The maximum Gasteiger partial charge on any atom is 0.408 e. The normalized spacial score (nSPS) is 18.5. The van der Waals surface area contributed by atoms with Gasteiger partial charge in [-0.2, -0.15) is 18.3 Å². The first-order valence-corrected chi connectivity index (χ1v) is 10.2. The lowest BCUT2D eigenvalue weighted by Gasteiger charge is -2.28. The van der Waals surface area contributed by atoms with Crippen LogP contribution in [0.3, 0.4) is 0 Å². The van der Waals surface area contributed by atoms with E-state index >= 15 is 0 Å². The first-order chi connectivity index (χ1) is 15.3. The van der Waals surface area contributed by atoms with Gasteiger partial charge in [0, 0.05) is 13.1 Å². The fraction of sp³-hybridized carbons (Fsp3) is 0.333. The van der Waals surface area contributed by atoms with Crippen molar-refractivity contribution in [3.05, 3.63) is 47.7 Å². The van der Waals surface area contributed by atoms with Crippen molar-refractivity contribution in [3.63, 3.8) is 0 Å². The van der Waals surface area contributed by atoms with E-state index in [2.05, 4.69) is 20.5 Å². The number of anilines is 2. The first kappa shape index (κ1) is 20.3. The van der Waals surface area contributed by atoms with Crippen molar-refractivity contribution in [3.8, 4) is 0 Å². The van der Waals surface area contributed by atoms with Crippen LogP contribution in [0, 0.1) is 0 Å². The average Bonchev–Trinajstić information content (AvgIpc) is 3.47. The van der Waals surface area contributed by atoms with Crippen LogP contribution >= 0.6 is 0 Å². The number of pyridine rings is 1. The molecule has 0 saturated carbocycles. The van der Waals surface area contributed by atoms with Crippen LogP contribution in [0.1, 0.15) is 28.8 Å². The Labute approximate surface area is 180 Å². The van der Waals surface area contributed by atoms with Gasteiger partial charge in [-0.25, -0.2) is 4.98 Å². The number of aromatic amines is 1. The van der Waals surface area contributed by atoms with Gasteiger partial charge in [-0.05, 0) is 36.6 Å². The van der Waals surface area contributed by atoms with Gasteiger partial charge in [-0.1, -0.05) is 12.1 Å². The molecule has 166 valence electrons. The molecule has 8 nitrogen and oxygen atoms in total. The Morgan fingerprint density at radius 1 is 1.25 bits per heavy atom. The molecule has 0 unspecified atom stereocenters. The van der Waals surface area contributed by atoms with E-state index in [-0.39, 0.29) is 19.5 Å². The third-order valence-corrected chi connectivity index (χ3v) is 5.85. The monoisotopic (exact) mass is 444 g/mol. The summed E-state index contributed by atoms with van der Waals surface area (Å²) >= 11 is 0. The Hall–Kier alpha value is -3.63. The van der Waals surface area contributed by atoms with Gasteiger partial charge >= 0.3 is 6.18 Å². The SMILES string of the molecule is O=C1c2c(cccc2Nc2ccc3[nH]ncc3n2)CN1CC(=O)N1CCC[C@H]1C(F)(F)F. The number of halogens is 3. The van der Waals surface area contributed by atoms with Crippen LogP contribution in [-0.2, 0) is 11.3 Å². The highest BCUT2D eigenvalue weighted by Gasteiger charge is 2.48. The zero-order valence-electron chi connectivity index (χ0n) is 16.8. The van der Waals surface area contributed by atoms with Crippen LogP contribution in [0.5, 0.6) is 0 Å². The number of rotatable bonds is 4. The molecule has 1 saturated heterocycles. The topological polar surface area (TPSA) is 94.2 Å². The summed E-state index contributed by atoms with van der Waals surface area (Å²) in [7, 11) is 0. The number of H-pyrrole nitrogens is 1. The van der Waals surface area contributed by atoms with E-state index in [1.807, 2.05) is 0 Å². The largest absolute Gasteiger partial charge is 0.408 e. The molecule has 0 spiro atoms. The number of hydrogen-bond donors (Lipinski definition) is 2. The van der Waals surface area contributed by atoms with Crippen molar-refractivity contribution in [2.45, 2.75) is 31.6 Å². The summed E-state index contributed by atoms with van der Waals surface area (Å²) in [6.45, 7) is -0.181. The Kier molecular flexibility index (Phi) is 4.75. The molecule has 1 atom stereocenters. The summed E-state index contributed by atoms with van der Waals surface area (Å²) in [5, 5.41) is 9.87. The van der Waals surface area contributed by atoms with Crippen molar-refractivity contribution in [1.82, 2.24) is 25.0 Å². The first-order valence-electron chi connectivity index (χ1n) is 10.2. The second kappa shape index (κ2) is 7.50. The summed E-state index contributed by atoms with van der Waals surface area (Å²) in [5.74, 6) is -0.573. The van der Waals surface area contributed by atoms with Gasteiger partial charge in [0.15, 0.2) is 0 Å². The smallest absolute Gasteiger partial charge is 0.340 e. The Morgan fingerprint density at radius 2 is 2.09 bits per heavy atom. The number of fused-ring (bicyclic) bond motifs is 2. The van der Waals surface area contributed by atoms with E-state index in [0.717, 1.165) is 10.4 Å². The van der Waals surface area contributed by atoms with Gasteiger partial charge in [0.2, 0.25) is 5.91 Å². The molecule has 0 aliphatic carbocycles. The predicted molar refractivity (Wildman–Crippen MR) is 109 cm³/mol. The fourth-order valence-corrected chi connectivity index (χ4v) is 4.35. The van der Waals surface area contributed by atoms with E-state index in [1.165, 1.54) is 4.90 Å². The van der Waals surface area contributed by atoms with Gasteiger partial charge in [-0.15, -0.1) is 0 Å². The molecule has 4 heterocycles. The number of alkyl halides is 3. The van der Waals surface area contributed by atoms with E-state index in [4.69, 9.17) is 0 Å². The predicted octanol–water partition coefficient (Wildman–Crippen LogP) is 3.21. The standard InChI is InChI=1S/C21H19F3N6O2/c22-21(23,24)16-5-2-8-30(16)18(31)11-29-10-12-3-1-4-14(19(12)20(29)32)26-17-7-6-13-15(27-17)9-25-28-13/h1,3-4,6-7,9,16H,2,5,8,10-11H2,(H,25,28)(H,26,27)/t16-/m0/s1. The van der Waals surface area contributed by atoms with Crippen LogP contribution in [0.15, 0.2) is 36.5 Å². The molecular weight excluding hydrogens is 425 g/mol. The minimum Gasteiger partial charge on any atom is -0.340 e. The van der Waals surface area contributed by atoms with Crippen molar-refractivity contribution < 1.29 is 22.8 Å². The number of carbonyl (C=O) groups is 2. The quantitative estimate of drug-likeness (QED) is 0.645. The molecule has 0 radical (unpaired) electrons. The summed E-state index contributed by atoms with van der Waals surface area (Å²) in [5.41, 5.74) is 3.04. The Bertz CT molecular complexity index is 1210. The second-order valence-corrected chi connectivity index (χ2v) is 7.91. The number of amides is 2. The van der Waals surface area contributed by atoms with Crippen LogP contribution in [0.25, 0.3) is 11.0 Å². The van der Waals surface area contributed by atoms with Crippen LogP contribution < -0.4 is 5.32 Å². The van der Waals surface area contributed by atoms with Crippen LogP contribution in [-0.4, -0.2) is 62.1 Å². The van der Waals surface area contributed by atoms with E-state index < -0.39 is 30.6 Å². The van der Waals surface area contributed by atoms with Gasteiger partial charge in [0.1, 0.15) is 23.9 Å². The Balaban J connectivity index is 1.34. The highest BCUT2D eigenvalue weighted by atomic mass is 19.4. The summed E-state index contributed by atoms with van der Waals surface area (Å²) in [6.07, 6.45) is -2.69. The molecule has 32 heavy (non-hydrogen) atoms. The van der Waals surface area contributed by atoms with Crippen molar-refractivity contribution in [2.75, 3.05) is 18.4 Å². The summed E-state index contributed by atoms with van der Waals surface area (Å²) < 4.78 is 39.7. The number of nitrogens with zero attached hydrogens (tertiary/aromatic N) is 4. The van der Waals surface area contributed by atoms with Gasteiger partial charge < -0.3 is 15.1 Å². The van der Waals surface area contributed by atoms with E-state index in [0.29, 0.717) is 34.6 Å². The molecule has 1 aromatic carbocycles. The number of likely N-dealkylation sites (tertiary alicyclic amines) is 1. The average molecular weight is 444 g/mol. The molecule has 2 aromatic heterocycles. The fourth-order valence-electron chi connectivity index (χ4n) is 4.35. The van der Waals surface area contributed by atoms with Crippen molar-refractivity contribution >= 4 is 34.4 Å². The molecule has 2 aliphatic rings. The van der Waals surface area contributed by atoms with Gasteiger partial charge in [0.05, 0.1) is 23.0 Å². The zero-order chi connectivity index (χ0) is 22.5. The van der Waals surface area contributed by atoms with E-state index in [1.54, 1.807) is 36.5 Å². The molecule has 11 heteroatoms. The maximum atomic E-state index is 13.2. The summed E-state index contributed by atoms with van der Waals surface area (Å²) in [6, 6.07) is 7.03. The highest BCUT2D eigenvalue weighted by molar-refractivity contribution is 6.05. The molecule has 2 N–H and O–H groups in total. The van der Waals surface area contributed by atoms with Gasteiger partial charge in [0.25, 0.3) is 5.91 Å². The molecule has 2 amide bonds.